The van der Waals surface area contributed by atoms with Gasteiger partial charge in [0.05, 0.1) is 6.54 Å². The van der Waals surface area contributed by atoms with E-state index in [4.69, 9.17) is 9.26 Å². The van der Waals surface area contributed by atoms with Gasteiger partial charge in [0, 0.05) is 10.0 Å². The predicted molar refractivity (Wildman–Crippen MR) is 90.9 cm³/mol. The van der Waals surface area contributed by atoms with Crippen molar-refractivity contribution in [1.29, 1.82) is 0 Å². The summed E-state index contributed by atoms with van der Waals surface area (Å²) in [6, 6.07) is 17.0. The molecule has 3 aromatic rings. The van der Waals surface area contributed by atoms with Crippen molar-refractivity contribution in [2.45, 2.75) is 13.2 Å². The summed E-state index contributed by atoms with van der Waals surface area (Å²) < 4.78 is 11.2. The average molecular weight is 388 g/mol. The molecule has 0 bridgehead atoms. The lowest BCUT2D eigenvalue weighted by Crippen LogP contribution is -2.24. The Morgan fingerprint density at radius 2 is 2.00 bits per heavy atom. The van der Waals surface area contributed by atoms with Gasteiger partial charge in [0.2, 0.25) is 0 Å². The van der Waals surface area contributed by atoms with Crippen LogP contribution in [0.4, 0.5) is 4.79 Å². The lowest BCUT2D eigenvalue weighted by atomic mass is 10.2. The molecule has 0 saturated carbocycles. The molecule has 6 nitrogen and oxygen atoms in total. The van der Waals surface area contributed by atoms with Gasteiger partial charge >= 0.3 is 6.09 Å². The number of halogens is 1. The highest BCUT2D eigenvalue weighted by atomic mass is 79.9. The molecule has 1 N–H and O–H groups in total. The summed E-state index contributed by atoms with van der Waals surface area (Å²) >= 11 is 3.39. The molecule has 1 amide bonds. The van der Waals surface area contributed by atoms with Crippen LogP contribution < -0.4 is 5.32 Å². The van der Waals surface area contributed by atoms with E-state index in [0.717, 1.165) is 15.6 Å². The highest BCUT2D eigenvalue weighted by Crippen LogP contribution is 2.21. The number of amides is 1. The molecule has 24 heavy (non-hydrogen) atoms. The van der Waals surface area contributed by atoms with Crippen molar-refractivity contribution < 1.29 is 14.1 Å². The Bertz CT molecular complexity index is 821. The van der Waals surface area contributed by atoms with Crippen molar-refractivity contribution in [2.75, 3.05) is 0 Å². The molecule has 122 valence electrons. The van der Waals surface area contributed by atoms with E-state index in [9.17, 15) is 4.79 Å². The summed E-state index contributed by atoms with van der Waals surface area (Å²) in [5.74, 6) is 0.771. The number of carbonyl (C=O) groups is 1. The number of alkyl carbamates (subject to hydrolysis) is 1. The van der Waals surface area contributed by atoms with Gasteiger partial charge in [-0.2, -0.15) is 4.98 Å². The Labute approximate surface area is 147 Å². The van der Waals surface area contributed by atoms with Gasteiger partial charge in [-0.05, 0) is 23.8 Å². The van der Waals surface area contributed by atoms with Crippen LogP contribution in [0.2, 0.25) is 0 Å². The summed E-state index contributed by atoms with van der Waals surface area (Å²) in [6.45, 7) is 0.341. The van der Waals surface area contributed by atoms with Gasteiger partial charge in [0.25, 0.3) is 5.89 Å². The van der Waals surface area contributed by atoms with Crippen LogP contribution in [0.3, 0.4) is 0 Å². The molecule has 7 heteroatoms. The van der Waals surface area contributed by atoms with Crippen LogP contribution in [-0.4, -0.2) is 16.2 Å². The number of rotatable bonds is 5. The molecule has 0 unspecified atom stereocenters. The molecule has 2 aromatic carbocycles. The third-order valence-electron chi connectivity index (χ3n) is 3.14. The zero-order valence-electron chi connectivity index (χ0n) is 12.6. The van der Waals surface area contributed by atoms with Gasteiger partial charge in [-0.15, -0.1) is 0 Å². The first-order valence-electron chi connectivity index (χ1n) is 7.24. The number of nitrogens with zero attached hydrogens (tertiary/aromatic N) is 2. The number of carbonyl (C=O) groups excluding carboxylic acids is 1. The Hall–Kier alpha value is -2.67. The first-order valence-corrected chi connectivity index (χ1v) is 8.03. The van der Waals surface area contributed by atoms with Gasteiger partial charge < -0.3 is 14.6 Å². The van der Waals surface area contributed by atoms with Crippen molar-refractivity contribution in [3.8, 4) is 11.5 Å². The monoisotopic (exact) mass is 387 g/mol. The fourth-order valence-corrected chi connectivity index (χ4v) is 2.39. The number of benzene rings is 2. The van der Waals surface area contributed by atoms with Gasteiger partial charge in [-0.25, -0.2) is 4.79 Å². The maximum Gasteiger partial charge on any atom is 0.407 e. The smallest absolute Gasteiger partial charge is 0.407 e. The molecule has 3 rings (SSSR count). The zero-order valence-corrected chi connectivity index (χ0v) is 14.2. The highest BCUT2D eigenvalue weighted by molar-refractivity contribution is 9.10. The van der Waals surface area contributed by atoms with E-state index in [-0.39, 0.29) is 13.2 Å². The van der Waals surface area contributed by atoms with Crippen LogP contribution in [0.25, 0.3) is 11.5 Å². The van der Waals surface area contributed by atoms with E-state index in [2.05, 4.69) is 31.4 Å². The van der Waals surface area contributed by atoms with Crippen LogP contribution in [0.1, 0.15) is 11.4 Å². The third kappa shape index (κ3) is 4.42. The largest absolute Gasteiger partial charge is 0.445 e. The molecule has 1 aromatic heterocycles. The molecule has 0 spiro atoms. The van der Waals surface area contributed by atoms with Crippen molar-refractivity contribution in [3.63, 3.8) is 0 Å². The van der Waals surface area contributed by atoms with E-state index in [1.165, 1.54) is 0 Å². The van der Waals surface area contributed by atoms with Crippen molar-refractivity contribution in [2.24, 2.45) is 0 Å². The first-order chi connectivity index (χ1) is 11.7. The molecule has 0 saturated heterocycles. The molecule has 0 aliphatic heterocycles. The van der Waals surface area contributed by atoms with Gasteiger partial charge in [-0.1, -0.05) is 57.5 Å². The van der Waals surface area contributed by atoms with Gasteiger partial charge in [-0.3, -0.25) is 0 Å². The molecule has 0 atom stereocenters. The number of nitrogens with one attached hydrogen (secondary N) is 1. The van der Waals surface area contributed by atoms with Crippen molar-refractivity contribution in [1.82, 2.24) is 15.5 Å². The minimum Gasteiger partial charge on any atom is -0.445 e. The quantitative estimate of drug-likeness (QED) is 0.717. The second-order valence-corrected chi connectivity index (χ2v) is 5.86. The first kappa shape index (κ1) is 16.2. The van der Waals surface area contributed by atoms with Crippen LogP contribution in [0, 0.1) is 0 Å². The summed E-state index contributed by atoms with van der Waals surface area (Å²) in [4.78, 5) is 15.9. The van der Waals surface area contributed by atoms with E-state index in [1.807, 2.05) is 54.6 Å². The second kappa shape index (κ2) is 7.74. The standard InChI is InChI=1S/C17H14BrN3O3/c18-14-8-4-7-13(9-14)16-20-15(21-24-16)10-19-17(22)23-11-12-5-2-1-3-6-12/h1-9H,10-11H2,(H,19,22). The number of hydrogen-bond acceptors (Lipinski definition) is 5. The lowest BCUT2D eigenvalue weighted by Gasteiger charge is -2.05. The average Bonchev–Trinajstić information content (AvgIpc) is 3.08. The number of aromatic nitrogens is 2. The van der Waals surface area contributed by atoms with Crippen LogP contribution in [-0.2, 0) is 17.9 Å². The summed E-state index contributed by atoms with van der Waals surface area (Å²) in [6.07, 6.45) is -0.535. The van der Waals surface area contributed by atoms with Crippen LogP contribution in [0.15, 0.2) is 63.6 Å². The Balaban J connectivity index is 1.51. The number of hydrogen-bond donors (Lipinski definition) is 1. The molecule has 0 aliphatic carbocycles. The summed E-state index contributed by atoms with van der Waals surface area (Å²) in [5.41, 5.74) is 1.72. The second-order valence-electron chi connectivity index (χ2n) is 4.94. The van der Waals surface area contributed by atoms with Crippen molar-refractivity contribution >= 4 is 22.0 Å². The maximum absolute atomic E-state index is 11.7. The normalized spacial score (nSPS) is 10.4. The van der Waals surface area contributed by atoms with Gasteiger partial charge in [0.1, 0.15) is 6.61 Å². The SMILES string of the molecule is O=C(NCc1noc(-c2cccc(Br)c2)n1)OCc1ccccc1. The topological polar surface area (TPSA) is 77.3 Å². The minimum absolute atomic E-state index is 0.130. The van der Waals surface area contributed by atoms with Gasteiger partial charge in [0.15, 0.2) is 5.82 Å². The predicted octanol–water partition coefficient (Wildman–Crippen LogP) is 3.93. The van der Waals surface area contributed by atoms with Crippen molar-refractivity contribution in [3.05, 3.63) is 70.5 Å². The Morgan fingerprint density at radius 3 is 2.79 bits per heavy atom. The van der Waals surface area contributed by atoms with E-state index in [1.54, 1.807) is 0 Å². The van der Waals surface area contributed by atoms with E-state index < -0.39 is 6.09 Å². The molecule has 0 fully saturated rings. The third-order valence-corrected chi connectivity index (χ3v) is 3.64. The Morgan fingerprint density at radius 1 is 1.17 bits per heavy atom. The van der Waals surface area contributed by atoms with Crippen LogP contribution in [0.5, 0.6) is 0 Å². The molecular weight excluding hydrogens is 374 g/mol. The van der Waals surface area contributed by atoms with E-state index >= 15 is 0 Å². The fourth-order valence-electron chi connectivity index (χ4n) is 1.99. The Kier molecular flexibility index (Phi) is 5.22. The lowest BCUT2D eigenvalue weighted by molar-refractivity contribution is 0.139. The fraction of sp³-hybridized carbons (Fsp3) is 0.118. The van der Waals surface area contributed by atoms with Crippen LogP contribution >= 0.6 is 15.9 Å². The minimum atomic E-state index is -0.535. The van der Waals surface area contributed by atoms with E-state index in [0.29, 0.717) is 11.7 Å². The summed E-state index contributed by atoms with van der Waals surface area (Å²) in [5, 5.41) is 6.43. The highest BCUT2D eigenvalue weighted by Gasteiger charge is 2.10. The zero-order chi connectivity index (χ0) is 16.8. The number of ether oxygens (including phenoxy) is 1. The molecular formula is C17H14BrN3O3. The molecule has 1 heterocycles. The maximum atomic E-state index is 11.7. The molecule has 0 aliphatic rings. The summed E-state index contributed by atoms with van der Waals surface area (Å²) in [7, 11) is 0. The molecule has 0 radical (unpaired) electrons.